The van der Waals surface area contributed by atoms with Crippen LogP contribution in [0.4, 0.5) is 5.69 Å². The van der Waals surface area contributed by atoms with E-state index in [4.69, 9.17) is 0 Å². The summed E-state index contributed by atoms with van der Waals surface area (Å²) in [6.45, 7) is 3.37. The summed E-state index contributed by atoms with van der Waals surface area (Å²) in [6, 6.07) is 12.9. The first-order valence-electron chi connectivity index (χ1n) is 10.6. The number of amides is 5. The number of rotatable bonds is 5. The zero-order chi connectivity index (χ0) is 23.8. The molecule has 2 heterocycles. The summed E-state index contributed by atoms with van der Waals surface area (Å²) in [5.74, 6) is -1.98. The number of hydrogen-bond acceptors (Lipinski definition) is 5. The lowest BCUT2D eigenvalue weighted by Gasteiger charge is -2.29. The molecule has 1 saturated heterocycles. The minimum atomic E-state index is -1.19. The normalized spacial score (nSPS) is 17.9. The third-order valence-corrected chi connectivity index (χ3v) is 5.81. The molecule has 170 valence electrons. The molecule has 0 spiro atoms. The van der Waals surface area contributed by atoms with E-state index >= 15 is 0 Å². The van der Waals surface area contributed by atoms with E-state index in [0.717, 1.165) is 0 Å². The van der Waals surface area contributed by atoms with Crippen LogP contribution in [0.3, 0.4) is 0 Å². The van der Waals surface area contributed by atoms with Gasteiger partial charge in [0.25, 0.3) is 11.8 Å². The molecule has 4 rings (SSSR count). The van der Waals surface area contributed by atoms with E-state index in [-0.39, 0.29) is 37.1 Å². The van der Waals surface area contributed by atoms with Crippen molar-refractivity contribution in [3.8, 4) is 0 Å². The lowest BCUT2D eigenvalue weighted by Crippen LogP contribution is -2.52. The summed E-state index contributed by atoms with van der Waals surface area (Å²) < 4.78 is 0. The second-order valence-electron chi connectivity index (χ2n) is 8.67. The fourth-order valence-electron chi connectivity index (χ4n) is 3.94. The first-order valence-corrected chi connectivity index (χ1v) is 10.6. The molecule has 9 heteroatoms. The molecule has 2 aromatic rings. The molecular weight excluding hydrogens is 424 g/mol. The van der Waals surface area contributed by atoms with Crippen molar-refractivity contribution in [1.29, 1.82) is 0 Å². The van der Waals surface area contributed by atoms with Gasteiger partial charge in [-0.05, 0) is 56.2 Å². The van der Waals surface area contributed by atoms with Crippen LogP contribution in [0.5, 0.6) is 0 Å². The molecule has 0 aliphatic carbocycles. The third-order valence-electron chi connectivity index (χ3n) is 5.81. The molecule has 1 fully saturated rings. The monoisotopic (exact) mass is 448 g/mol. The molecule has 2 aromatic carbocycles. The number of anilines is 1. The SMILES string of the molecule is CC(C)(NC(=O)c1ccc2c(c1)CN(C1CCC(=O)NC1=O)C2=O)C(=O)Nc1ccccc1. The zero-order valence-electron chi connectivity index (χ0n) is 18.3. The Bertz CT molecular complexity index is 1160. The molecule has 0 saturated carbocycles. The summed E-state index contributed by atoms with van der Waals surface area (Å²) in [7, 11) is 0. The van der Waals surface area contributed by atoms with E-state index in [2.05, 4.69) is 16.0 Å². The summed E-state index contributed by atoms with van der Waals surface area (Å²) in [5, 5.41) is 7.76. The molecule has 3 N–H and O–H groups in total. The van der Waals surface area contributed by atoms with Crippen LogP contribution in [0.15, 0.2) is 48.5 Å². The van der Waals surface area contributed by atoms with Crippen molar-refractivity contribution in [2.75, 3.05) is 5.32 Å². The lowest BCUT2D eigenvalue weighted by molar-refractivity contribution is -0.137. The number of piperidine rings is 1. The van der Waals surface area contributed by atoms with Gasteiger partial charge < -0.3 is 15.5 Å². The summed E-state index contributed by atoms with van der Waals surface area (Å²) in [4.78, 5) is 63.4. The number of carbonyl (C=O) groups is 5. The number of fused-ring (bicyclic) bond motifs is 1. The molecule has 0 aromatic heterocycles. The van der Waals surface area contributed by atoms with Crippen molar-refractivity contribution in [3.63, 3.8) is 0 Å². The fraction of sp³-hybridized carbons (Fsp3) is 0.292. The summed E-state index contributed by atoms with van der Waals surface area (Å²) in [5.41, 5.74) is 0.753. The Morgan fingerprint density at radius 1 is 1.06 bits per heavy atom. The van der Waals surface area contributed by atoms with E-state index in [9.17, 15) is 24.0 Å². The van der Waals surface area contributed by atoms with E-state index < -0.39 is 23.4 Å². The van der Waals surface area contributed by atoms with Crippen LogP contribution in [-0.4, -0.2) is 46.0 Å². The fourth-order valence-corrected chi connectivity index (χ4v) is 3.94. The standard InChI is InChI=1S/C24H24N4O5/c1-24(2,23(33)25-16-6-4-3-5-7-16)27-20(30)14-8-9-17-15(12-14)13-28(22(17)32)18-10-11-19(29)26-21(18)31/h3-9,12,18H,10-11,13H2,1-2H3,(H,25,33)(H,27,30)(H,26,29,31). The van der Waals surface area contributed by atoms with Crippen LogP contribution in [-0.2, 0) is 20.9 Å². The molecule has 0 bridgehead atoms. The summed E-state index contributed by atoms with van der Waals surface area (Å²) in [6.07, 6.45) is 0.437. The Labute approximate surface area is 190 Å². The van der Waals surface area contributed by atoms with E-state index in [0.29, 0.717) is 22.4 Å². The minimum Gasteiger partial charge on any atom is -0.338 e. The Morgan fingerprint density at radius 2 is 1.79 bits per heavy atom. The van der Waals surface area contributed by atoms with Gasteiger partial charge in [0.05, 0.1) is 0 Å². The molecule has 0 radical (unpaired) electrons. The van der Waals surface area contributed by atoms with E-state index in [1.807, 2.05) is 6.07 Å². The van der Waals surface area contributed by atoms with E-state index in [1.54, 1.807) is 50.2 Å². The topological polar surface area (TPSA) is 125 Å². The summed E-state index contributed by atoms with van der Waals surface area (Å²) >= 11 is 0. The molecule has 1 atom stereocenters. The number of hydrogen-bond donors (Lipinski definition) is 3. The van der Waals surface area contributed by atoms with Crippen molar-refractivity contribution in [2.24, 2.45) is 0 Å². The number of carbonyl (C=O) groups excluding carboxylic acids is 5. The maximum absolute atomic E-state index is 12.9. The lowest BCUT2D eigenvalue weighted by atomic mass is 10.0. The van der Waals surface area contributed by atoms with Crippen molar-refractivity contribution in [2.45, 2.75) is 44.8 Å². The van der Waals surface area contributed by atoms with Gasteiger partial charge in [-0.3, -0.25) is 29.3 Å². The highest BCUT2D eigenvalue weighted by atomic mass is 16.2. The largest absolute Gasteiger partial charge is 0.338 e. The van der Waals surface area contributed by atoms with Crippen LogP contribution >= 0.6 is 0 Å². The number of para-hydroxylation sites is 1. The van der Waals surface area contributed by atoms with Crippen molar-refractivity contribution < 1.29 is 24.0 Å². The number of benzene rings is 2. The number of nitrogens with one attached hydrogen (secondary N) is 3. The smallest absolute Gasteiger partial charge is 0.255 e. The molecule has 1 unspecified atom stereocenters. The number of imide groups is 1. The van der Waals surface area contributed by atoms with Crippen LogP contribution in [0, 0.1) is 0 Å². The molecule has 2 aliphatic heterocycles. The Hall–Kier alpha value is -4.01. The predicted octanol–water partition coefficient (Wildman–Crippen LogP) is 1.59. The van der Waals surface area contributed by atoms with Gasteiger partial charge in [0.1, 0.15) is 11.6 Å². The minimum absolute atomic E-state index is 0.166. The van der Waals surface area contributed by atoms with Crippen molar-refractivity contribution in [3.05, 3.63) is 65.2 Å². The first kappa shape index (κ1) is 22.2. The Kier molecular flexibility index (Phi) is 5.71. The average molecular weight is 448 g/mol. The second kappa shape index (κ2) is 8.50. The molecule has 9 nitrogen and oxygen atoms in total. The van der Waals surface area contributed by atoms with Crippen molar-refractivity contribution >= 4 is 35.2 Å². The van der Waals surface area contributed by atoms with Crippen LogP contribution in [0.2, 0.25) is 0 Å². The first-order chi connectivity index (χ1) is 15.7. The maximum Gasteiger partial charge on any atom is 0.255 e. The van der Waals surface area contributed by atoms with Gasteiger partial charge in [-0.25, -0.2) is 0 Å². The highest BCUT2D eigenvalue weighted by molar-refractivity contribution is 6.07. The third kappa shape index (κ3) is 4.48. The van der Waals surface area contributed by atoms with Crippen LogP contribution in [0.25, 0.3) is 0 Å². The Balaban J connectivity index is 1.46. The second-order valence-corrected chi connectivity index (χ2v) is 8.67. The molecular formula is C24H24N4O5. The molecule has 5 amide bonds. The van der Waals surface area contributed by atoms with E-state index in [1.165, 1.54) is 11.0 Å². The van der Waals surface area contributed by atoms with Gasteiger partial charge in [0.2, 0.25) is 17.7 Å². The van der Waals surface area contributed by atoms with Gasteiger partial charge in [-0.1, -0.05) is 18.2 Å². The highest BCUT2D eigenvalue weighted by Gasteiger charge is 2.39. The average Bonchev–Trinajstić information content (AvgIpc) is 3.09. The van der Waals surface area contributed by atoms with Gasteiger partial charge >= 0.3 is 0 Å². The highest BCUT2D eigenvalue weighted by Crippen LogP contribution is 2.28. The predicted molar refractivity (Wildman–Crippen MR) is 119 cm³/mol. The molecule has 2 aliphatic rings. The van der Waals surface area contributed by atoms with Crippen LogP contribution in [0.1, 0.15) is 53.0 Å². The Morgan fingerprint density at radius 3 is 2.48 bits per heavy atom. The van der Waals surface area contributed by atoms with Gasteiger partial charge in [0, 0.05) is 29.8 Å². The van der Waals surface area contributed by atoms with Gasteiger partial charge in [-0.15, -0.1) is 0 Å². The molecule has 33 heavy (non-hydrogen) atoms. The van der Waals surface area contributed by atoms with Crippen molar-refractivity contribution in [1.82, 2.24) is 15.5 Å². The zero-order valence-corrected chi connectivity index (χ0v) is 18.3. The number of nitrogens with zero attached hydrogens (tertiary/aromatic N) is 1. The van der Waals surface area contributed by atoms with Gasteiger partial charge in [0.15, 0.2) is 0 Å². The maximum atomic E-state index is 12.9. The van der Waals surface area contributed by atoms with Gasteiger partial charge in [-0.2, -0.15) is 0 Å². The quantitative estimate of drug-likeness (QED) is 0.599. The van der Waals surface area contributed by atoms with Crippen LogP contribution < -0.4 is 16.0 Å².